The summed E-state index contributed by atoms with van der Waals surface area (Å²) in [6.07, 6.45) is -3.63. The summed E-state index contributed by atoms with van der Waals surface area (Å²) < 4.78 is 43.8. The second-order valence-corrected chi connectivity index (χ2v) is 5.68. The third kappa shape index (κ3) is 5.11. The van der Waals surface area contributed by atoms with E-state index in [-0.39, 0.29) is 23.3 Å². The van der Waals surface area contributed by atoms with Gasteiger partial charge in [0.25, 0.3) is 0 Å². The van der Waals surface area contributed by atoms with Crippen LogP contribution in [-0.2, 0) is 12.7 Å². The highest BCUT2D eigenvalue weighted by Gasteiger charge is 2.33. The standard InChI is InChI=1S/C14H20F3NO/c1-13(2,3)6-7-19-11-5-4-10(9-18)12(8-11)14(15,16)17/h4-5,8H,6-7,9,18H2,1-3H3. The number of hydrogen-bond acceptors (Lipinski definition) is 2. The number of nitrogens with two attached hydrogens (primary N) is 1. The van der Waals surface area contributed by atoms with E-state index in [9.17, 15) is 13.2 Å². The van der Waals surface area contributed by atoms with Crippen LogP contribution < -0.4 is 10.5 Å². The Morgan fingerprint density at radius 1 is 1.16 bits per heavy atom. The van der Waals surface area contributed by atoms with Crippen LogP contribution >= 0.6 is 0 Å². The summed E-state index contributed by atoms with van der Waals surface area (Å²) in [7, 11) is 0. The molecule has 0 aromatic heterocycles. The van der Waals surface area contributed by atoms with E-state index in [0.29, 0.717) is 6.61 Å². The van der Waals surface area contributed by atoms with Gasteiger partial charge in [-0.1, -0.05) is 26.8 Å². The van der Waals surface area contributed by atoms with Crippen molar-refractivity contribution >= 4 is 0 Å². The van der Waals surface area contributed by atoms with E-state index in [2.05, 4.69) is 20.8 Å². The third-order valence-electron chi connectivity index (χ3n) is 2.73. The van der Waals surface area contributed by atoms with Crippen molar-refractivity contribution < 1.29 is 17.9 Å². The highest BCUT2D eigenvalue weighted by Crippen LogP contribution is 2.34. The Labute approximate surface area is 111 Å². The Bertz CT molecular complexity index is 422. The van der Waals surface area contributed by atoms with Crippen molar-refractivity contribution in [1.29, 1.82) is 0 Å². The lowest BCUT2D eigenvalue weighted by molar-refractivity contribution is -0.138. The molecule has 0 atom stereocenters. The van der Waals surface area contributed by atoms with Crippen molar-refractivity contribution in [3.05, 3.63) is 29.3 Å². The average molecular weight is 275 g/mol. The number of alkyl halides is 3. The monoisotopic (exact) mass is 275 g/mol. The zero-order valence-corrected chi connectivity index (χ0v) is 11.5. The quantitative estimate of drug-likeness (QED) is 0.902. The lowest BCUT2D eigenvalue weighted by atomic mass is 9.93. The summed E-state index contributed by atoms with van der Waals surface area (Å²) in [4.78, 5) is 0. The molecular weight excluding hydrogens is 255 g/mol. The summed E-state index contributed by atoms with van der Waals surface area (Å²) in [5.74, 6) is 0.230. The topological polar surface area (TPSA) is 35.2 Å². The normalized spacial score (nSPS) is 12.6. The van der Waals surface area contributed by atoms with Gasteiger partial charge in [-0.05, 0) is 29.5 Å². The van der Waals surface area contributed by atoms with Gasteiger partial charge >= 0.3 is 6.18 Å². The lowest BCUT2D eigenvalue weighted by Gasteiger charge is -2.19. The van der Waals surface area contributed by atoms with E-state index in [1.807, 2.05) is 0 Å². The molecular formula is C14H20F3NO. The van der Waals surface area contributed by atoms with E-state index in [0.717, 1.165) is 12.5 Å². The average Bonchev–Trinajstić information content (AvgIpc) is 2.26. The Hall–Kier alpha value is -1.23. The summed E-state index contributed by atoms with van der Waals surface area (Å²) in [5.41, 5.74) is 4.76. The van der Waals surface area contributed by atoms with Crippen LogP contribution in [0.4, 0.5) is 13.2 Å². The molecule has 0 saturated carbocycles. The number of rotatable bonds is 4. The van der Waals surface area contributed by atoms with E-state index in [1.165, 1.54) is 12.1 Å². The van der Waals surface area contributed by atoms with Crippen molar-refractivity contribution in [1.82, 2.24) is 0 Å². The van der Waals surface area contributed by atoms with Crippen LogP contribution in [0.25, 0.3) is 0 Å². The molecule has 1 rings (SSSR count). The number of benzene rings is 1. The minimum Gasteiger partial charge on any atom is -0.494 e. The van der Waals surface area contributed by atoms with Crippen LogP contribution in [-0.4, -0.2) is 6.61 Å². The predicted molar refractivity (Wildman–Crippen MR) is 68.9 cm³/mol. The Balaban J connectivity index is 2.82. The molecule has 0 aliphatic heterocycles. The number of ether oxygens (including phenoxy) is 1. The molecule has 0 saturated heterocycles. The molecule has 0 bridgehead atoms. The van der Waals surface area contributed by atoms with Gasteiger partial charge < -0.3 is 10.5 Å². The minimum absolute atomic E-state index is 0.0793. The van der Waals surface area contributed by atoms with E-state index >= 15 is 0 Å². The van der Waals surface area contributed by atoms with Crippen LogP contribution in [0.1, 0.15) is 38.3 Å². The van der Waals surface area contributed by atoms with Gasteiger partial charge in [0, 0.05) is 6.54 Å². The van der Waals surface area contributed by atoms with Gasteiger partial charge in [-0.3, -0.25) is 0 Å². The smallest absolute Gasteiger partial charge is 0.416 e. The molecule has 0 fully saturated rings. The number of halogens is 3. The lowest BCUT2D eigenvalue weighted by Crippen LogP contribution is -2.14. The molecule has 5 heteroatoms. The molecule has 0 unspecified atom stereocenters. The van der Waals surface area contributed by atoms with E-state index in [1.54, 1.807) is 0 Å². The zero-order valence-electron chi connectivity index (χ0n) is 11.5. The molecule has 0 radical (unpaired) electrons. The number of hydrogen-bond donors (Lipinski definition) is 1. The largest absolute Gasteiger partial charge is 0.494 e. The highest BCUT2D eigenvalue weighted by molar-refractivity contribution is 5.37. The Morgan fingerprint density at radius 3 is 2.26 bits per heavy atom. The van der Waals surface area contributed by atoms with Crippen LogP contribution in [0.2, 0.25) is 0 Å². The third-order valence-corrected chi connectivity index (χ3v) is 2.73. The minimum atomic E-state index is -4.40. The molecule has 19 heavy (non-hydrogen) atoms. The first-order valence-corrected chi connectivity index (χ1v) is 6.16. The fraction of sp³-hybridized carbons (Fsp3) is 0.571. The Morgan fingerprint density at radius 2 is 1.79 bits per heavy atom. The molecule has 108 valence electrons. The maximum absolute atomic E-state index is 12.8. The fourth-order valence-corrected chi connectivity index (χ4v) is 1.56. The van der Waals surface area contributed by atoms with Crippen LogP contribution in [0.3, 0.4) is 0 Å². The van der Waals surface area contributed by atoms with Crippen LogP contribution in [0.5, 0.6) is 5.75 Å². The summed E-state index contributed by atoms with van der Waals surface area (Å²) in [5, 5.41) is 0. The molecule has 2 nitrogen and oxygen atoms in total. The van der Waals surface area contributed by atoms with E-state index in [4.69, 9.17) is 10.5 Å². The molecule has 0 aliphatic rings. The molecule has 0 spiro atoms. The predicted octanol–water partition coefficient (Wildman–Crippen LogP) is 3.98. The van der Waals surface area contributed by atoms with Gasteiger partial charge in [-0.15, -0.1) is 0 Å². The summed E-state index contributed by atoms with van der Waals surface area (Å²) >= 11 is 0. The van der Waals surface area contributed by atoms with Gasteiger partial charge in [-0.25, -0.2) is 0 Å². The molecule has 0 amide bonds. The van der Waals surface area contributed by atoms with Gasteiger partial charge in [0.1, 0.15) is 5.75 Å². The second kappa shape index (κ2) is 5.82. The van der Waals surface area contributed by atoms with Crippen molar-refractivity contribution in [2.75, 3.05) is 6.61 Å². The Kier molecular flexibility index (Phi) is 4.85. The van der Waals surface area contributed by atoms with Gasteiger partial charge in [0.05, 0.1) is 12.2 Å². The molecule has 1 aromatic carbocycles. The van der Waals surface area contributed by atoms with Gasteiger partial charge in [0.2, 0.25) is 0 Å². The van der Waals surface area contributed by atoms with Crippen molar-refractivity contribution in [2.45, 2.75) is 39.9 Å². The van der Waals surface area contributed by atoms with Crippen molar-refractivity contribution in [3.63, 3.8) is 0 Å². The SMILES string of the molecule is CC(C)(C)CCOc1ccc(CN)c(C(F)(F)F)c1. The summed E-state index contributed by atoms with van der Waals surface area (Å²) in [6.45, 7) is 6.40. The van der Waals surface area contributed by atoms with E-state index < -0.39 is 11.7 Å². The summed E-state index contributed by atoms with van der Waals surface area (Å²) in [6, 6.07) is 3.92. The maximum Gasteiger partial charge on any atom is 0.416 e. The van der Waals surface area contributed by atoms with Crippen molar-refractivity contribution in [3.8, 4) is 5.75 Å². The first-order valence-electron chi connectivity index (χ1n) is 6.16. The first kappa shape index (κ1) is 15.8. The molecule has 0 aliphatic carbocycles. The fourth-order valence-electron chi connectivity index (χ4n) is 1.56. The van der Waals surface area contributed by atoms with Gasteiger partial charge in [-0.2, -0.15) is 13.2 Å². The van der Waals surface area contributed by atoms with Crippen LogP contribution in [0, 0.1) is 5.41 Å². The van der Waals surface area contributed by atoms with Crippen molar-refractivity contribution in [2.24, 2.45) is 11.1 Å². The zero-order chi connectivity index (χ0) is 14.7. The maximum atomic E-state index is 12.8. The first-order chi connectivity index (χ1) is 8.63. The van der Waals surface area contributed by atoms with Gasteiger partial charge in [0.15, 0.2) is 0 Å². The highest BCUT2D eigenvalue weighted by atomic mass is 19.4. The molecule has 2 N–H and O–H groups in total. The second-order valence-electron chi connectivity index (χ2n) is 5.68. The molecule has 1 aromatic rings. The molecule has 0 heterocycles. The van der Waals surface area contributed by atoms with Crippen LogP contribution in [0.15, 0.2) is 18.2 Å².